The van der Waals surface area contributed by atoms with Gasteiger partial charge in [0.1, 0.15) is 6.42 Å². The Morgan fingerprint density at radius 2 is 2.00 bits per heavy atom. The van der Waals surface area contributed by atoms with Crippen LogP contribution in [0.1, 0.15) is 43.1 Å². The molecule has 0 saturated heterocycles. The molecule has 1 N–H and O–H groups in total. The van der Waals surface area contributed by atoms with Gasteiger partial charge >= 0.3 is 5.97 Å². The number of nitriles is 1. The summed E-state index contributed by atoms with van der Waals surface area (Å²) in [7, 11) is 1.30. The van der Waals surface area contributed by atoms with Crippen molar-refractivity contribution in [3.05, 3.63) is 29.3 Å². The van der Waals surface area contributed by atoms with E-state index in [0.29, 0.717) is 11.3 Å². The number of hydrogen-bond donors (Lipinski definition) is 1. The van der Waals surface area contributed by atoms with Crippen LogP contribution in [0.4, 0.5) is 5.69 Å². The second kappa shape index (κ2) is 6.20. The fourth-order valence-electron chi connectivity index (χ4n) is 1.81. The molecule has 0 bridgehead atoms. The molecule has 1 aromatic rings. The van der Waals surface area contributed by atoms with Crippen LogP contribution in [0, 0.1) is 11.3 Å². The van der Waals surface area contributed by atoms with E-state index in [1.807, 2.05) is 20.8 Å². The van der Waals surface area contributed by atoms with Crippen LogP contribution in [0.15, 0.2) is 18.2 Å². The number of carbonyl (C=O) groups is 2. The van der Waals surface area contributed by atoms with E-state index in [4.69, 9.17) is 5.26 Å². The molecular weight excluding hydrogens is 256 g/mol. The number of benzene rings is 1. The topological polar surface area (TPSA) is 79.2 Å². The molecule has 20 heavy (non-hydrogen) atoms. The maximum Gasteiger partial charge on any atom is 0.337 e. The van der Waals surface area contributed by atoms with Gasteiger partial charge in [0, 0.05) is 5.69 Å². The third-order valence-corrected chi connectivity index (χ3v) is 2.76. The Bertz CT molecular complexity index is 565. The van der Waals surface area contributed by atoms with Gasteiger partial charge in [0.2, 0.25) is 5.91 Å². The summed E-state index contributed by atoms with van der Waals surface area (Å²) in [5.41, 5.74) is 1.56. The number of ether oxygens (including phenoxy) is 1. The van der Waals surface area contributed by atoms with Crippen LogP contribution in [0.2, 0.25) is 0 Å². The van der Waals surface area contributed by atoms with Crippen LogP contribution in [0.5, 0.6) is 0 Å². The average molecular weight is 274 g/mol. The summed E-state index contributed by atoms with van der Waals surface area (Å²) in [5, 5.41) is 11.2. The molecule has 0 atom stereocenters. The fraction of sp³-hybridized carbons (Fsp3) is 0.400. The second-order valence-corrected chi connectivity index (χ2v) is 5.39. The third-order valence-electron chi connectivity index (χ3n) is 2.76. The quantitative estimate of drug-likeness (QED) is 0.859. The first-order valence-corrected chi connectivity index (χ1v) is 6.19. The molecule has 0 unspecified atom stereocenters. The zero-order chi connectivity index (χ0) is 15.3. The first-order chi connectivity index (χ1) is 9.29. The number of methoxy groups -OCH3 is 1. The molecule has 106 valence electrons. The zero-order valence-electron chi connectivity index (χ0n) is 12.1. The van der Waals surface area contributed by atoms with E-state index in [-0.39, 0.29) is 11.8 Å². The minimum absolute atomic E-state index is 0.204. The number of nitrogens with zero attached hydrogens (tertiary/aromatic N) is 1. The van der Waals surface area contributed by atoms with Crippen molar-refractivity contribution in [3.63, 3.8) is 0 Å². The van der Waals surface area contributed by atoms with Crippen LogP contribution in [0.25, 0.3) is 0 Å². The van der Waals surface area contributed by atoms with Crippen molar-refractivity contribution in [1.29, 1.82) is 5.26 Å². The molecule has 0 spiro atoms. The van der Waals surface area contributed by atoms with Crippen LogP contribution in [-0.2, 0) is 14.9 Å². The van der Waals surface area contributed by atoms with Crippen LogP contribution >= 0.6 is 0 Å². The highest BCUT2D eigenvalue weighted by Crippen LogP contribution is 2.30. The molecule has 1 amide bonds. The molecule has 0 aliphatic rings. The molecule has 5 heteroatoms. The first-order valence-electron chi connectivity index (χ1n) is 6.19. The second-order valence-electron chi connectivity index (χ2n) is 5.39. The largest absolute Gasteiger partial charge is 0.465 e. The molecule has 0 radical (unpaired) electrons. The minimum atomic E-state index is -0.471. The maximum atomic E-state index is 11.6. The highest BCUT2D eigenvalue weighted by molar-refractivity contribution is 5.96. The Balaban J connectivity index is 3.24. The zero-order valence-corrected chi connectivity index (χ0v) is 12.1. The summed E-state index contributed by atoms with van der Waals surface area (Å²) in [6, 6.07) is 6.81. The van der Waals surface area contributed by atoms with Crippen molar-refractivity contribution in [2.45, 2.75) is 32.6 Å². The van der Waals surface area contributed by atoms with Crippen molar-refractivity contribution >= 4 is 17.6 Å². The lowest BCUT2D eigenvalue weighted by Gasteiger charge is -2.23. The SMILES string of the molecule is COC(=O)c1ccc(C(C)(C)C)c(NC(=O)CC#N)c1. The first kappa shape index (κ1) is 15.7. The van der Waals surface area contributed by atoms with Crippen molar-refractivity contribution < 1.29 is 14.3 Å². The summed E-state index contributed by atoms with van der Waals surface area (Å²) >= 11 is 0. The van der Waals surface area contributed by atoms with Gasteiger partial charge in [0.05, 0.1) is 18.7 Å². The predicted octanol–water partition coefficient (Wildman–Crippen LogP) is 2.62. The van der Waals surface area contributed by atoms with Crippen LogP contribution < -0.4 is 5.32 Å². The number of hydrogen-bond acceptors (Lipinski definition) is 4. The van der Waals surface area contributed by atoms with E-state index in [9.17, 15) is 9.59 Å². The van der Waals surface area contributed by atoms with Gasteiger partial charge < -0.3 is 10.1 Å². The summed E-state index contributed by atoms with van der Waals surface area (Å²) in [4.78, 5) is 23.1. The standard InChI is InChI=1S/C15H18N2O3/c1-15(2,3)11-6-5-10(14(19)20-4)9-12(11)17-13(18)7-8-16/h5-6,9H,7H2,1-4H3,(H,17,18). The van der Waals surface area contributed by atoms with Gasteiger partial charge in [-0.1, -0.05) is 26.8 Å². The third kappa shape index (κ3) is 3.82. The minimum Gasteiger partial charge on any atom is -0.465 e. The predicted molar refractivity (Wildman–Crippen MR) is 75.3 cm³/mol. The summed E-state index contributed by atoms with van der Waals surface area (Å²) < 4.78 is 4.67. The number of rotatable bonds is 3. The summed E-state index contributed by atoms with van der Waals surface area (Å²) in [5.74, 6) is -0.874. The van der Waals surface area contributed by atoms with E-state index in [1.165, 1.54) is 7.11 Å². The number of nitrogens with one attached hydrogen (secondary N) is 1. The number of anilines is 1. The Morgan fingerprint density at radius 1 is 1.35 bits per heavy atom. The Labute approximate surface area is 118 Å². The lowest BCUT2D eigenvalue weighted by molar-refractivity contribution is -0.115. The molecule has 0 aliphatic carbocycles. The molecule has 0 saturated carbocycles. The number of amides is 1. The van der Waals surface area contributed by atoms with Gasteiger partial charge in [-0.3, -0.25) is 4.79 Å². The fourth-order valence-corrected chi connectivity index (χ4v) is 1.81. The lowest BCUT2D eigenvalue weighted by atomic mass is 9.85. The summed E-state index contributed by atoms with van der Waals surface area (Å²) in [6.45, 7) is 6.00. The van der Waals surface area contributed by atoms with Gasteiger partial charge in [-0.25, -0.2) is 4.79 Å². The number of esters is 1. The lowest BCUT2D eigenvalue weighted by Crippen LogP contribution is -2.19. The molecule has 5 nitrogen and oxygen atoms in total. The van der Waals surface area contributed by atoms with E-state index in [0.717, 1.165) is 5.56 Å². The maximum absolute atomic E-state index is 11.6. The molecule has 1 rings (SSSR count). The Morgan fingerprint density at radius 3 is 2.50 bits per heavy atom. The highest BCUT2D eigenvalue weighted by atomic mass is 16.5. The summed E-state index contributed by atoms with van der Waals surface area (Å²) in [6.07, 6.45) is -0.230. The van der Waals surface area contributed by atoms with Gasteiger partial charge in [0.15, 0.2) is 0 Å². The van der Waals surface area contributed by atoms with Gasteiger partial charge in [0.25, 0.3) is 0 Å². The average Bonchev–Trinajstić information content (AvgIpc) is 2.36. The van der Waals surface area contributed by atoms with Gasteiger partial charge in [-0.2, -0.15) is 5.26 Å². The van der Waals surface area contributed by atoms with Gasteiger partial charge in [-0.05, 0) is 23.1 Å². The molecule has 0 aliphatic heterocycles. The van der Waals surface area contributed by atoms with E-state index < -0.39 is 11.9 Å². The smallest absolute Gasteiger partial charge is 0.337 e. The molecular formula is C15H18N2O3. The van der Waals surface area contributed by atoms with E-state index >= 15 is 0 Å². The van der Waals surface area contributed by atoms with Crippen molar-refractivity contribution in [1.82, 2.24) is 0 Å². The normalized spacial score (nSPS) is 10.6. The van der Waals surface area contributed by atoms with Gasteiger partial charge in [-0.15, -0.1) is 0 Å². The van der Waals surface area contributed by atoms with Crippen molar-refractivity contribution in [2.75, 3.05) is 12.4 Å². The Kier molecular flexibility index (Phi) is 4.87. The van der Waals surface area contributed by atoms with E-state index in [2.05, 4.69) is 10.1 Å². The molecule has 0 heterocycles. The van der Waals surface area contributed by atoms with E-state index in [1.54, 1.807) is 24.3 Å². The molecule has 0 aromatic heterocycles. The van der Waals surface area contributed by atoms with Crippen molar-refractivity contribution in [2.24, 2.45) is 0 Å². The Hall–Kier alpha value is -2.35. The molecule has 0 fully saturated rings. The van der Waals surface area contributed by atoms with Crippen LogP contribution in [0.3, 0.4) is 0 Å². The van der Waals surface area contributed by atoms with Crippen molar-refractivity contribution in [3.8, 4) is 6.07 Å². The van der Waals surface area contributed by atoms with Crippen LogP contribution in [-0.4, -0.2) is 19.0 Å². The highest BCUT2D eigenvalue weighted by Gasteiger charge is 2.20. The number of carbonyl (C=O) groups excluding carboxylic acids is 2. The molecule has 1 aromatic carbocycles. The monoisotopic (exact) mass is 274 g/mol.